The van der Waals surface area contributed by atoms with Crippen molar-refractivity contribution in [3.05, 3.63) is 46.1 Å². The van der Waals surface area contributed by atoms with Gasteiger partial charge in [-0.25, -0.2) is 9.97 Å². The van der Waals surface area contributed by atoms with Gasteiger partial charge in [-0.1, -0.05) is 17.7 Å². The van der Waals surface area contributed by atoms with Gasteiger partial charge in [0.2, 0.25) is 0 Å². The molecule has 0 amide bonds. The summed E-state index contributed by atoms with van der Waals surface area (Å²) in [6.45, 7) is 9.39. The highest BCUT2D eigenvalue weighted by Crippen LogP contribution is 2.24. The molecule has 2 rings (SSSR count). The minimum atomic E-state index is 0.447. The summed E-state index contributed by atoms with van der Waals surface area (Å²) in [6, 6.07) is 6.01. The van der Waals surface area contributed by atoms with Gasteiger partial charge in [-0.2, -0.15) is 0 Å². The van der Waals surface area contributed by atoms with Gasteiger partial charge < -0.3 is 4.90 Å². The Labute approximate surface area is 124 Å². The van der Waals surface area contributed by atoms with Crippen molar-refractivity contribution in [2.24, 2.45) is 0 Å². The average Bonchev–Trinajstić information content (AvgIpc) is 2.40. The van der Waals surface area contributed by atoms with Crippen molar-refractivity contribution in [2.75, 3.05) is 11.4 Å². The minimum Gasteiger partial charge on any atom is -0.348 e. The van der Waals surface area contributed by atoms with Crippen LogP contribution >= 0.6 is 11.6 Å². The molecule has 0 unspecified atom stereocenters. The first-order chi connectivity index (χ1) is 9.51. The van der Waals surface area contributed by atoms with Crippen LogP contribution in [-0.4, -0.2) is 21.5 Å². The molecule has 106 valence electrons. The lowest BCUT2D eigenvalue weighted by atomic mass is 10.3. The molecule has 0 saturated heterocycles. The molecule has 20 heavy (non-hydrogen) atoms. The molecule has 0 N–H and O–H groups in total. The molecule has 2 heterocycles. The highest BCUT2D eigenvalue weighted by Gasteiger charge is 2.14. The first-order valence-corrected chi connectivity index (χ1v) is 7.07. The zero-order chi connectivity index (χ0) is 14.7. The van der Waals surface area contributed by atoms with Crippen LogP contribution in [0, 0.1) is 20.8 Å². The standard InChI is InChI=1S/C15H19ClN4/c1-5-20(9-13-8-6-7-10(2)17-13)15-14(16)18-11(3)12(4)19-15/h6-8H,5,9H2,1-4H3. The van der Waals surface area contributed by atoms with Crippen LogP contribution in [0.2, 0.25) is 5.15 Å². The van der Waals surface area contributed by atoms with Crippen molar-refractivity contribution in [3.63, 3.8) is 0 Å². The number of halogens is 1. The molecule has 0 aliphatic rings. The van der Waals surface area contributed by atoms with E-state index in [0.717, 1.165) is 35.1 Å². The lowest BCUT2D eigenvalue weighted by molar-refractivity contribution is 0.781. The third-order valence-electron chi connectivity index (χ3n) is 3.23. The van der Waals surface area contributed by atoms with Crippen LogP contribution in [0.25, 0.3) is 0 Å². The highest BCUT2D eigenvalue weighted by molar-refractivity contribution is 6.31. The predicted octanol–water partition coefficient (Wildman–Crippen LogP) is 3.48. The Balaban J connectivity index is 2.31. The van der Waals surface area contributed by atoms with E-state index in [-0.39, 0.29) is 0 Å². The lowest BCUT2D eigenvalue weighted by Crippen LogP contribution is -2.25. The van der Waals surface area contributed by atoms with Crippen molar-refractivity contribution >= 4 is 17.4 Å². The Morgan fingerprint density at radius 1 is 1.05 bits per heavy atom. The molecule has 0 aliphatic carbocycles. The lowest BCUT2D eigenvalue weighted by Gasteiger charge is -2.23. The Kier molecular flexibility index (Phi) is 4.55. The molecule has 5 heteroatoms. The van der Waals surface area contributed by atoms with Gasteiger partial charge in [0.15, 0.2) is 11.0 Å². The van der Waals surface area contributed by atoms with Crippen LogP contribution < -0.4 is 4.90 Å². The fourth-order valence-electron chi connectivity index (χ4n) is 1.98. The Morgan fingerprint density at radius 2 is 1.75 bits per heavy atom. The van der Waals surface area contributed by atoms with E-state index in [1.807, 2.05) is 39.0 Å². The number of nitrogens with zero attached hydrogens (tertiary/aromatic N) is 4. The van der Waals surface area contributed by atoms with E-state index >= 15 is 0 Å². The minimum absolute atomic E-state index is 0.447. The van der Waals surface area contributed by atoms with Gasteiger partial charge >= 0.3 is 0 Å². The third-order valence-corrected chi connectivity index (χ3v) is 3.48. The first kappa shape index (κ1) is 14.7. The summed E-state index contributed by atoms with van der Waals surface area (Å²) in [5, 5.41) is 0.447. The van der Waals surface area contributed by atoms with Crippen LogP contribution in [0.5, 0.6) is 0 Å². The van der Waals surface area contributed by atoms with Gasteiger partial charge in [-0.15, -0.1) is 0 Å². The molecule has 4 nitrogen and oxygen atoms in total. The van der Waals surface area contributed by atoms with Crippen LogP contribution in [0.4, 0.5) is 5.82 Å². The molecule has 0 aromatic carbocycles. The number of aromatic nitrogens is 3. The maximum atomic E-state index is 6.24. The van der Waals surface area contributed by atoms with Gasteiger partial charge in [-0.3, -0.25) is 4.98 Å². The molecular formula is C15H19ClN4. The second-order valence-corrected chi connectivity index (χ2v) is 5.15. The van der Waals surface area contributed by atoms with Crippen LogP contribution in [0.3, 0.4) is 0 Å². The molecule has 0 fully saturated rings. The molecule has 2 aromatic rings. The maximum absolute atomic E-state index is 6.24. The van der Waals surface area contributed by atoms with E-state index in [0.29, 0.717) is 11.7 Å². The molecule has 0 spiro atoms. The topological polar surface area (TPSA) is 41.9 Å². The summed E-state index contributed by atoms with van der Waals surface area (Å²) in [5.41, 5.74) is 3.78. The zero-order valence-electron chi connectivity index (χ0n) is 12.3. The second kappa shape index (κ2) is 6.18. The van der Waals surface area contributed by atoms with E-state index in [9.17, 15) is 0 Å². The van der Waals surface area contributed by atoms with E-state index in [2.05, 4.69) is 26.8 Å². The molecule has 2 aromatic heterocycles. The maximum Gasteiger partial charge on any atom is 0.171 e. The largest absolute Gasteiger partial charge is 0.348 e. The Hall–Kier alpha value is -1.68. The van der Waals surface area contributed by atoms with Crippen molar-refractivity contribution in [3.8, 4) is 0 Å². The van der Waals surface area contributed by atoms with Crippen LogP contribution in [-0.2, 0) is 6.54 Å². The number of aryl methyl sites for hydroxylation is 3. The summed E-state index contributed by atoms with van der Waals surface area (Å²) >= 11 is 6.24. The number of hydrogen-bond acceptors (Lipinski definition) is 4. The van der Waals surface area contributed by atoms with E-state index < -0.39 is 0 Å². The highest BCUT2D eigenvalue weighted by atomic mass is 35.5. The molecule has 0 radical (unpaired) electrons. The summed E-state index contributed by atoms with van der Waals surface area (Å²) in [5.74, 6) is 0.723. The molecule has 0 saturated carbocycles. The quantitative estimate of drug-likeness (QED) is 0.864. The fraction of sp³-hybridized carbons (Fsp3) is 0.400. The molecule has 0 aliphatic heterocycles. The van der Waals surface area contributed by atoms with Crippen molar-refractivity contribution in [1.82, 2.24) is 15.0 Å². The molecule has 0 atom stereocenters. The summed E-state index contributed by atoms with van der Waals surface area (Å²) < 4.78 is 0. The molecular weight excluding hydrogens is 272 g/mol. The SMILES string of the molecule is CCN(Cc1cccc(C)n1)c1nc(C)c(C)nc1Cl. The van der Waals surface area contributed by atoms with Gasteiger partial charge in [0.05, 0.1) is 23.6 Å². The van der Waals surface area contributed by atoms with Gasteiger partial charge in [0.1, 0.15) is 0 Å². The number of hydrogen-bond donors (Lipinski definition) is 0. The van der Waals surface area contributed by atoms with Crippen molar-refractivity contribution < 1.29 is 0 Å². The normalized spacial score (nSPS) is 10.7. The first-order valence-electron chi connectivity index (χ1n) is 6.69. The summed E-state index contributed by atoms with van der Waals surface area (Å²) in [4.78, 5) is 15.5. The zero-order valence-corrected chi connectivity index (χ0v) is 13.1. The van der Waals surface area contributed by atoms with Crippen LogP contribution in [0.1, 0.15) is 29.7 Å². The van der Waals surface area contributed by atoms with Gasteiger partial charge in [0.25, 0.3) is 0 Å². The van der Waals surface area contributed by atoms with E-state index in [4.69, 9.17) is 11.6 Å². The second-order valence-electron chi connectivity index (χ2n) is 4.79. The predicted molar refractivity (Wildman–Crippen MR) is 82.2 cm³/mol. The van der Waals surface area contributed by atoms with Gasteiger partial charge in [-0.05, 0) is 39.8 Å². The summed E-state index contributed by atoms with van der Waals surface area (Å²) in [6.07, 6.45) is 0. The van der Waals surface area contributed by atoms with Crippen LogP contribution in [0.15, 0.2) is 18.2 Å². The van der Waals surface area contributed by atoms with E-state index in [1.54, 1.807) is 0 Å². The number of pyridine rings is 1. The molecule has 0 bridgehead atoms. The number of anilines is 1. The van der Waals surface area contributed by atoms with E-state index in [1.165, 1.54) is 0 Å². The third kappa shape index (κ3) is 3.25. The fourth-order valence-corrected chi connectivity index (χ4v) is 2.27. The monoisotopic (exact) mass is 290 g/mol. The van der Waals surface area contributed by atoms with Crippen molar-refractivity contribution in [1.29, 1.82) is 0 Å². The smallest absolute Gasteiger partial charge is 0.171 e. The Morgan fingerprint density at radius 3 is 2.40 bits per heavy atom. The van der Waals surface area contributed by atoms with Crippen molar-refractivity contribution in [2.45, 2.75) is 34.2 Å². The number of rotatable bonds is 4. The summed E-state index contributed by atoms with van der Waals surface area (Å²) in [7, 11) is 0. The average molecular weight is 291 g/mol. The Bertz CT molecular complexity index is 613. The van der Waals surface area contributed by atoms with Gasteiger partial charge in [0, 0.05) is 12.2 Å².